The van der Waals surface area contributed by atoms with Crippen LogP contribution in [0.15, 0.2) is 29.3 Å². The van der Waals surface area contributed by atoms with Gasteiger partial charge in [0.15, 0.2) is 0 Å². The molecular formula is C57H85N11O17S2. The molecule has 0 radical (unpaired) electrons. The minimum absolute atomic E-state index is 0.0499. The lowest BCUT2D eigenvalue weighted by Crippen LogP contribution is -2.58. The van der Waals surface area contributed by atoms with E-state index in [4.69, 9.17) is 16.2 Å². The molecular weight excluding hydrogens is 1170 g/mol. The number of β-amino-alcohol motifs (C(OH)–C–C–N with tert-alkyl or cyclic N) is 1. The Labute approximate surface area is 510 Å². The number of aromatic amines is 1. The van der Waals surface area contributed by atoms with Crippen LogP contribution in [0.1, 0.15) is 96.1 Å². The first-order chi connectivity index (χ1) is 41.4. The summed E-state index contributed by atoms with van der Waals surface area (Å²) in [6.07, 6.45) is 1.83. The van der Waals surface area contributed by atoms with Crippen LogP contribution < -0.4 is 53.4 Å². The van der Waals surface area contributed by atoms with E-state index in [1.165, 1.54) is 42.8 Å². The second-order valence-corrected chi connectivity index (χ2v) is 24.9. The summed E-state index contributed by atoms with van der Waals surface area (Å²) < 4.78 is 21.0. The third-order valence-electron chi connectivity index (χ3n) is 16.0. The minimum Gasteiger partial charge on any atom is -0.496 e. The molecule has 1 aliphatic carbocycles. The van der Waals surface area contributed by atoms with E-state index >= 15 is 4.21 Å². The highest BCUT2D eigenvalue weighted by molar-refractivity contribution is 7.98. The summed E-state index contributed by atoms with van der Waals surface area (Å²) in [5.74, 6) is -9.71. The third-order valence-corrected chi connectivity index (χ3v) is 18.5. The summed E-state index contributed by atoms with van der Waals surface area (Å²) in [5, 5.41) is 60.5. The maximum atomic E-state index is 15.2. The number of rotatable bonds is 26. The Balaban J connectivity index is 1.45. The number of Topliss-reactive ketones (excluding diaryl/α,β-unsaturated/α-hetero) is 1. The van der Waals surface area contributed by atoms with Crippen molar-refractivity contribution in [1.29, 1.82) is 0 Å². The average molecular weight is 1260 g/mol. The number of carbonyl (C=O) groups excluding carboxylic acids is 11. The lowest BCUT2D eigenvalue weighted by Gasteiger charge is -2.30. The monoisotopic (exact) mass is 1260 g/mol. The van der Waals surface area contributed by atoms with Gasteiger partial charge >= 0.3 is 0 Å². The number of nitrogens with one attached hydrogen (secondary N) is 8. The molecule has 87 heavy (non-hydrogen) atoms. The molecule has 1 unspecified atom stereocenters. The van der Waals surface area contributed by atoms with Gasteiger partial charge in [-0.3, -0.25) is 61.8 Å². The van der Waals surface area contributed by atoms with E-state index in [1.54, 1.807) is 19.1 Å². The fraction of sp³-hybridized carbons (Fsp3) is 0.632. The summed E-state index contributed by atoms with van der Waals surface area (Å²) in [4.78, 5) is 149. The van der Waals surface area contributed by atoms with Gasteiger partial charge in [-0.15, -0.1) is 0 Å². The highest BCUT2D eigenvalue weighted by Crippen LogP contribution is 2.36. The number of amides is 10. The fourth-order valence-corrected chi connectivity index (χ4v) is 13.0. The van der Waals surface area contributed by atoms with Crippen LogP contribution in [0.5, 0.6) is 5.75 Å². The topological polar surface area (TPSA) is 450 Å². The molecule has 0 spiro atoms. The largest absolute Gasteiger partial charge is 0.496 e. The number of aromatic nitrogens is 1. The Bertz CT molecular complexity index is 2850. The van der Waals surface area contributed by atoms with Crippen molar-refractivity contribution in [2.75, 3.05) is 64.6 Å². The molecule has 16 N–H and O–H groups in total. The van der Waals surface area contributed by atoms with Crippen LogP contribution in [-0.2, 0) is 75.7 Å². The zero-order valence-corrected chi connectivity index (χ0v) is 51.2. The number of nitrogens with zero attached hydrogens (tertiary/aromatic N) is 1. The number of H-pyrrole nitrogens is 1. The predicted octanol–water partition coefficient (Wildman–Crippen LogP) is -2.94. The number of aliphatic hydroxyl groups excluding tert-OH is 4. The summed E-state index contributed by atoms with van der Waals surface area (Å²) in [7, 11) is -0.932. The molecule has 2 aliphatic heterocycles. The van der Waals surface area contributed by atoms with Gasteiger partial charge in [-0.1, -0.05) is 27.2 Å². The molecule has 0 bridgehead atoms. The summed E-state index contributed by atoms with van der Waals surface area (Å²) >= 11 is 1.52. The van der Waals surface area contributed by atoms with Gasteiger partial charge in [0.2, 0.25) is 47.3 Å². The number of imide groups is 1. The lowest BCUT2D eigenvalue weighted by atomic mass is 9.81. The molecule has 3 heterocycles. The summed E-state index contributed by atoms with van der Waals surface area (Å²) in [5.41, 5.74) is 12.3. The van der Waals surface area contributed by atoms with E-state index in [0.29, 0.717) is 91.8 Å². The van der Waals surface area contributed by atoms with Gasteiger partial charge in [0.1, 0.15) is 34.7 Å². The SMILES string of the molecule is CC[C@H](C)[C@H](CC(=O)CN)C(=O)NCC(=O)N[C@H]1CS(=O)c2[nH]c3c(CSCCCCNC(=O)C4CCC(CN5C(=O)C=CC5=O)CC4)c(OC)ccc3c2C[C@@H](CO)NC(=O)[C@H]([C@@H](C)[C@@H](O)CO)NC(=O)C[C@@H](O)CNC(=O)[C@H](CC(N)=O)NC1=O. The smallest absolute Gasteiger partial charge is 0.253 e. The minimum atomic E-state index is -2.38. The normalized spacial score (nSPS) is 24.1. The maximum absolute atomic E-state index is 15.2. The molecule has 2 aromatic rings. The van der Waals surface area contributed by atoms with Crippen molar-refractivity contribution >= 4 is 98.3 Å². The van der Waals surface area contributed by atoms with Crippen LogP contribution >= 0.6 is 11.8 Å². The van der Waals surface area contributed by atoms with E-state index < -0.39 is 151 Å². The molecule has 30 heteroatoms. The molecule has 0 saturated heterocycles. The highest BCUT2D eigenvalue weighted by Gasteiger charge is 2.37. The Morgan fingerprint density at radius 1 is 0.920 bits per heavy atom. The number of benzene rings is 1. The van der Waals surface area contributed by atoms with Crippen molar-refractivity contribution in [3.8, 4) is 5.75 Å². The molecule has 1 aromatic carbocycles. The average Bonchev–Trinajstić information content (AvgIpc) is 1.78. The fourth-order valence-electron chi connectivity index (χ4n) is 10.6. The van der Waals surface area contributed by atoms with Gasteiger partial charge < -0.3 is 78.8 Å². The molecule has 1 aromatic heterocycles. The van der Waals surface area contributed by atoms with E-state index in [-0.39, 0.29) is 65.5 Å². The zero-order valence-electron chi connectivity index (χ0n) is 49.5. The van der Waals surface area contributed by atoms with Crippen molar-refractivity contribution in [2.24, 2.45) is 41.1 Å². The molecule has 5 rings (SSSR count). The number of ether oxygens (including phenoxy) is 1. The van der Waals surface area contributed by atoms with Crippen LogP contribution in [0.4, 0.5) is 0 Å². The van der Waals surface area contributed by atoms with Crippen molar-refractivity contribution < 1.29 is 82.1 Å². The van der Waals surface area contributed by atoms with Crippen molar-refractivity contribution in [3.05, 3.63) is 35.4 Å². The number of thioether (sulfide) groups is 1. The Hall–Kier alpha value is -6.83. The first-order valence-electron chi connectivity index (χ1n) is 29.2. The first kappa shape index (κ1) is 70.9. The third kappa shape index (κ3) is 20.6. The predicted molar refractivity (Wildman–Crippen MR) is 319 cm³/mol. The quantitative estimate of drug-likeness (QED) is 0.0331. The lowest BCUT2D eigenvalue weighted by molar-refractivity contribution is -0.138. The number of hydrogen-bond donors (Lipinski definition) is 14. The van der Waals surface area contributed by atoms with Gasteiger partial charge in [0, 0.05) is 72.7 Å². The van der Waals surface area contributed by atoms with Gasteiger partial charge in [-0.2, -0.15) is 11.8 Å². The van der Waals surface area contributed by atoms with E-state index in [9.17, 15) is 73.2 Å². The molecule has 482 valence electrons. The van der Waals surface area contributed by atoms with E-state index in [1.807, 2.05) is 6.92 Å². The standard InChI is InChI=1S/C57H85N11O17S2/c1-5-30(2)38(19-35(71)22-58)53(80)62-24-47(76)64-42-29-87(84)57-39(18-34(26-69)63-56(83)50(31(3)43(73)27-70)66-46(75)20-36(72)23-61-54(81)41(21-45(59)74)65-55(42)82)37-12-13-44(85-4)40(51(37)67-57)28-86-17-7-6-16-60-52(79)33-10-8-32(9-11-33)25-68-48(77)14-15-49(68)78/h12-15,30-34,36,38,41-43,50,67,69-70,72-73H,5-11,16-29,58H2,1-4H3,(H2,59,74)(H,60,79)(H,61,81)(H,62,80)(H,63,83)(H,64,76)(H,65,82)(H,66,75)/t30-,31-,32?,33?,34-,36+,38-,41-,42-,43-,50-,87?/m0/s1. The number of carbonyl (C=O) groups is 11. The Morgan fingerprint density at radius 3 is 2.25 bits per heavy atom. The molecule has 1 saturated carbocycles. The number of fused-ring (bicyclic) bond motifs is 3. The first-order valence-corrected chi connectivity index (χ1v) is 31.7. The number of ketones is 1. The summed E-state index contributed by atoms with van der Waals surface area (Å²) in [6, 6.07) is -3.09. The van der Waals surface area contributed by atoms with Gasteiger partial charge in [0.05, 0.1) is 86.6 Å². The van der Waals surface area contributed by atoms with Crippen LogP contribution in [0, 0.1) is 29.6 Å². The van der Waals surface area contributed by atoms with E-state index in [2.05, 4.69) is 42.2 Å². The van der Waals surface area contributed by atoms with Crippen LogP contribution in [0.2, 0.25) is 0 Å². The zero-order chi connectivity index (χ0) is 64.1. The summed E-state index contributed by atoms with van der Waals surface area (Å²) in [6.45, 7) is 2.41. The second-order valence-electron chi connectivity index (χ2n) is 22.4. The van der Waals surface area contributed by atoms with Crippen LogP contribution in [-0.4, -0.2) is 200 Å². The second kappa shape index (κ2) is 34.6. The number of hydrogen-bond acceptors (Lipinski definition) is 19. The number of nitrogens with two attached hydrogens (primary N) is 2. The van der Waals surface area contributed by atoms with Crippen molar-refractivity contribution in [2.45, 2.75) is 139 Å². The molecule has 1 fully saturated rings. The highest BCUT2D eigenvalue weighted by atomic mass is 32.2. The van der Waals surface area contributed by atoms with E-state index in [0.717, 1.165) is 0 Å². The maximum Gasteiger partial charge on any atom is 0.253 e. The molecule has 10 amide bonds. The van der Waals surface area contributed by atoms with Gasteiger partial charge in [0.25, 0.3) is 11.8 Å². The Morgan fingerprint density at radius 2 is 1.62 bits per heavy atom. The number of methoxy groups -OCH3 is 1. The molecule has 3 aliphatic rings. The number of aliphatic hydroxyl groups is 4. The molecule has 10 atom stereocenters. The number of primary amides is 1. The van der Waals surface area contributed by atoms with Gasteiger partial charge in [-0.25, -0.2) is 0 Å². The van der Waals surface area contributed by atoms with Crippen molar-refractivity contribution in [3.63, 3.8) is 0 Å². The number of unbranched alkanes of at least 4 members (excludes halogenated alkanes) is 1. The molecule has 28 nitrogen and oxygen atoms in total. The Kier molecular flexibility index (Phi) is 28.2. The van der Waals surface area contributed by atoms with Crippen molar-refractivity contribution in [1.82, 2.24) is 47.1 Å². The van der Waals surface area contributed by atoms with Crippen LogP contribution in [0.3, 0.4) is 0 Å². The van der Waals surface area contributed by atoms with Gasteiger partial charge in [-0.05, 0) is 80.2 Å². The van der Waals surface area contributed by atoms with Crippen LogP contribution in [0.25, 0.3) is 10.9 Å².